The van der Waals surface area contributed by atoms with Gasteiger partial charge >= 0.3 is 0 Å². The second-order valence-corrected chi connectivity index (χ2v) is 4.26. The average molecular weight is 243 g/mol. The molecule has 2 aromatic carbocycles. The van der Waals surface area contributed by atoms with Gasteiger partial charge in [-0.25, -0.2) is 0 Å². The van der Waals surface area contributed by atoms with Crippen molar-refractivity contribution in [2.24, 2.45) is 0 Å². The molecular formula is C15H17NO2. The number of hydrogen-bond acceptors (Lipinski definition) is 3. The standard InChI is InChI=1S/C15H17NO2/c1-11-9-13(16)7-8-15(11)18-10-14(17)12-5-3-2-4-6-12/h2-9,14,17H,10,16H2,1H3. The van der Waals surface area contributed by atoms with Crippen molar-refractivity contribution in [3.63, 3.8) is 0 Å². The predicted molar refractivity (Wildman–Crippen MR) is 72.5 cm³/mol. The Morgan fingerprint density at radius 1 is 1.17 bits per heavy atom. The van der Waals surface area contributed by atoms with Gasteiger partial charge < -0.3 is 15.6 Å². The normalized spacial score (nSPS) is 12.1. The van der Waals surface area contributed by atoms with Crippen LogP contribution >= 0.6 is 0 Å². The van der Waals surface area contributed by atoms with E-state index in [-0.39, 0.29) is 6.61 Å². The molecule has 1 atom stereocenters. The van der Waals surface area contributed by atoms with Crippen LogP contribution in [0.5, 0.6) is 5.75 Å². The highest BCUT2D eigenvalue weighted by Gasteiger charge is 2.08. The maximum atomic E-state index is 9.98. The largest absolute Gasteiger partial charge is 0.490 e. The van der Waals surface area contributed by atoms with Crippen molar-refractivity contribution >= 4 is 5.69 Å². The Morgan fingerprint density at radius 3 is 2.56 bits per heavy atom. The monoisotopic (exact) mass is 243 g/mol. The van der Waals surface area contributed by atoms with Crippen molar-refractivity contribution in [3.8, 4) is 5.75 Å². The average Bonchev–Trinajstić information content (AvgIpc) is 2.38. The second-order valence-electron chi connectivity index (χ2n) is 4.26. The van der Waals surface area contributed by atoms with Gasteiger partial charge in [0.2, 0.25) is 0 Å². The molecule has 0 aromatic heterocycles. The van der Waals surface area contributed by atoms with Gasteiger partial charge in [0.25, 0.3) is 0 Å². The molecule has 0 aliphatic carbocycles. The van der Waals surface area contributed by atoms with E-state index in [1.54, 1.807) is 6.07 Å². The number of ether oxygens (including phenoxy) is 1. The zero-order valence-corrected chi connectivity index (χ0v) is 10.3. The Morgan fingerprint density at radius 2 is 1.89 bits per heavy atom. The van der Waals surface area contributed by atoms with Gasteiger partial charge in [-0.2, -0.15) is 0 Å². The number of benzene rings is 2. The van der Waals surface area contributed by atoms with Crippen LogP contribution in [0.1, 0.15) is 17.2 Å². The Bertz CT molecular complexity index is 511. The van der Waals surface area contributed by atoms with Gasteiger partial charge in [-0.1, -0.05) is 30.3 Å². The van der Waals surface area contributed by atoms with Gasteiger partial charge in [0.15, 0.2) is 0 Å². The van der Waals surface area contributed by atoms with Gasteiger partial charge in [0.05, 0.1) is 0 Å². The molecule has 3 nitrogen and oxygen atoms in total. The Labute approximate surface area is 107 Å². The molecule has 0 heterocycles. The molecule has 0 spiro atoms. The molecule has 2 rings (SSSR count). The maximum absolute atomic E-state index is 9.98. The lowest BCUT2D eigenvalue weighted by Gasteiger charge is -2.14. The third-order valence-corrected chi connectivity index (χ3v) is 2.78. The first-order chi connectivity index (χ1) is 8.66. The summed E-state index contributed by atoms with van der Waals surface area (Å²) >= 11 is 0. The first-order valence-electron chi connectivity index (χ1n) is 5.89. The van der Waals surface area contributed by atoms with Gasteiger partial charge in [-0.05, 0) is 36.2 Å². The van der Waals surface area contributed by atoms with Crippen molar-refractivity contribution in [1.82, 2.24) is 0 Å². The molecule has 0 aliphatic rings. The van der Waals surface area contributed by atoms with Gasteiger partial charge in [0, 0.05) is 5.69 Å². The summed E-state index contributed by atoms with van der Waals surface area (Å²) in [5.74, 6) is 0.749. The van der Waals surface area contributed by atoms with Crippen LogP contribution in [0.4, 0.5) is 5.69 Å². The minimum Gasteiger partial charge on any atom is -0.490 e. The summed E-state index contributed by atoms with van der Waals surface area (Å²) < 4.78 is 5.60. The fraction of sp³-hybridized carbons (Fsp3) is 0.200. The predicted octanol–water partition coefficient (Wildman–Crippen LogP) is 2.69. The van der Waals surface area contributed by atoms with E-state index in [0.29, 0.717) is 5.69 Å². The summed E-state index contributed by atoms with van der Waals surface area (Å²) in [6.45, 7) is 2.16. The molecule has 0 fully saturated rings. The van der Waals surface area contributed by atoms with Crippen LogP contribution in [-0.2, 0) is 0 Å². The third-order valence-electron chi connectivity index (χ3n) is 2.78. The Hall–Kier alpha value is -2.00. The van der Waals surface area contributed by atoms with Crippen molar-refractivity contribution in [2.45, 2.75) is 13.0 Å². The van der Waals surface area contributed by atoms with Crippen LogP contribution in [0, 0.1) is 6.92 Å². The van der Waals surface area contributed by atoms with Gasteiger partial charge in [-0.3, -0.25) is 0 Å². The first kappa shape index (κ1) is 12.5. The highest BCUT2D eigenvalue weighted by Crippen LogP contribution is 2.22. The molecule has 2 aromatic rings. The first-order valence-corrected chi connectivity index (χ1v) is 5.89. The number of aliphatic hydroxyl groups is 1. The lowest BCUT2D eigenvalue weighted by atomic mass is 10.1. The van der Waals surface area contributed by atoms with E-state index in [1.807, 2.05) is 49.4 Å². The molecule has 0 amide bonds. The number of nitrogen functional groups attached to an aromatic ring is 1. The van der Waals surface area contributed by atoms with Crippen LogP contribution in [-0.4, -0.2) is 11.7 Å². The summed E-state index contributed by atoms with van der Waals surface area (Å²) in [5.41, 5.74) is 8.20. The van der Waals surface area contributed by atoms with E-state index >= 15 is 0 Å². The Balaban J connectivity index is 1.99. The zero-order chi connectivity index (χ0) is 13.0. The summed E-state index contributed by atoms with van der Waals surface area (Å²) in [5, 5.41) is 9.98. The van der Waals surface area contributed by atoms with Crippen molar-refractivity contribution in [2.75, 3.05) is 12.3 Å². The molecule has 0 saturated carbocycles. The molecular weight excluding hydrogens is 226 g/mol. The molecule has 1 unspecified atom stereocenters. The molecule has 0 saturated heterocycles. The lowest BCUT2D eigenvalue weighted by Crippen LogP contribution is -2.10. The van der Waals surface area contributed by atoms with Crippen LogP contribution in [0.2, 0.25) is 0 Å². The summed E-state index contributed by atoms with van der Waals surface area (Å²) in [7, 11) is 0. The molecule has 0 radical (unpaired) electrons. The van der Waals surface area contributed by atoms with E-state index < -0.39 is 6.10 Å². The number of hydrogen-bond donors (Lipinski definition) is 2. The van der Waals surface area contributed by atoms with Crippen LogP contribution in [0.3, 0.4) is 0 Å². The summed E-state index contributed by atoms with van der Waals surface area (Å²) in [6, 6.07) is 14.9. The minimum atomic E-state index is -0.622. The summed E-state index contributed by atoms with van der Waals surface area (Å²) in [6.07, 6.45) is -0.622. The quantitative estimate of drug-likeness (QED) is 0.812. The van der Waals surface area contributed by atoms with E-state index in [4.69, 9.17) is 10.5 Å². The highest BCUT2D eigenvalue weighted by atomic mass is 16.5. The summed E-state index contributed by atoms with van der Waals surface area (Å²) in [4.78, 5) is 0. The number of aryl methyl sites for hydroxylation is 1. The van der Waals surface area contributed by atoms with Gasteiger partial charge in [0.1, 0.15) is 18.5 Å². The van der Waals surface area contributed by atoms with Crippen molar-refractivity contribution in [1.29, 1.82) is 0 Å². The van der Waals surface area contributed by atoms with Crippen molar-refractivity contribution < 1.29 is 9.84 Å². The number of anilines is 1. The topological polar surface area (TPSA) is 55.5 Å². The number of nitrogens with two attached hydrogens (primary N) is 1. The molecule has 18 heavy (non-hydrogen) atoms. The smallest absolute Gasteiger partial charge is 0.122 e. The molecule has 0 bridgehead atoms. The fourth-order valence-electron chi connectivity index (χ4n) is 1.77. The lowest BCUT2D eigenvalue weighted by molar-refractivity contribution is 0.108. The third kappa shape index (κ3) is 3.02. The van der Waals surface area contributed by atoms with E-state index in [1.165, 1.54) is 0 Å². The molecule has 94 valence electrons. The Kier molecular flexibility index (Phi) is 3.85. The maximum Gasteiger partial charge on any atom is 0.122 e. The zero-order valence-electron chi connectivity index (χ0n) is 10.3. The van der Waals surface area contributed by atoms with E-state index in [0.717, 1.165) is 16.9 Å². The number of aliphatic hydroxyl groups excluding tert-OH is 1. The highest BCUT2D eigenvalue weighted by molar-refractivity contribution is 5.47. The van der Waals surface area contributed by atoms with Crippen molar-refractivity contribution in [3.05, 3.63) is 59.7 Å². The van der Waals surface area contributed by atoms with Crippen LogP contribution in [0.15, 0.2) is 48.5 Å². The van der Waals surface area contributed by atoms with E-state index in [2.05, 4.69) is 0 Å². The molecule has 3 heteroatoms. The van der Waals surface area contributed by atoms with E-state index in [9.17, 15) is 5.11 Å². The molecule has 0 aliphatic heterocycles. The molecule has 3 N–H and O–H groups in total. The number of rotatable bonds is 4. The second kappa shape index (κ2) is 5.56. The minimum absolute atomic E-state index is 0.231. The fourth-order valence-corrected chi connectivity index (χ4v) is 1.77. The van der Waals surface area contributed by atoms with Crippen LogP contribution in [0.25, 0.3) is 0 Å². The SMILES string of the molecule is Cc1cc(N)ccc1OCC(O)c1ccccc1. The van der Waals surface area contributed by atoms with Crippen LogP contribution < -0.4 is 10.5 Å². The van der Waals surface area contributed by atoms with Gasteiger partial charge in [-0.15, -0.1) is 0 Å².